The van der Waals surface area contributed by atoms with E-state index in [0.717, 1.165) is 10.2 Å². The minimum Gasteiger partial charge on any atom is -0.467 e. The first-order chi connectivity index (χ1) is 13.5. The van der Waals surface area contributed by atoms with E-state index in [2.05, 4.69) is 15.6 Å². The second-order valence-electron chi connectivity index (χ2n) is 6.31. The number of hydrogen-bond donors (Lipinski definition) is 1. The summed E-state index contributed by atoms with van der Waals surface area (Å²) in [7, 11) is 1.26. The van der Waals surface area contributed by atoms with Gasteiger partial charge in [0.2, 0.25) is 5.91 Å². The Morgan fingerprint density at radius 1 is 1.11 bits per heavy atom. The molecule has 1 aromatic heterocycles. The van der Waals surface area contributed by atoms with E-state index in [1.54, 1.807) is 24.3 Å². The molecule has 0 spiro atoms. The zero-order valence-electron chi connectivity index (χ0n) is 15.5. The maximum Gasteiger partial charge on any atom is 0.328 e. The van der Waals surface area contributed by atoms with Gasteiger partial charge in [0.05, 0.1) is 12.5 Å². The predicted octanol–water partition coefficient (Wildman–Crippen LogP) is 1.25. The van der Waals surface area contributed by atoms with E-state index in [1.807, 2.05) is 30.3 Å². The molecule has 1 heterocycles. The van der Waals surface area contributed by atoms with Crippen LogP contribution in [0.25, 0.3) is 10.9 Å². The summed E-state index contributed by atoms with van der Waals surface area (Å²) in [5.41, 5.74) is 0.896. The van der Waals surface area contributed by atoms with E-state index in [-0.39, 0.29) is 6.42 Å². The summed E-state index contributed by atoms with van der Waals surface area (Å²) in [6, 6.07) is 14.2. The fourth-order valence-corrected chi connectivity index (χ4v) is 2.84. The highest BCUT2D eigenvalue weighted by Crippen LogP contribution is 2.09. The second-order valence-corrected chi connectivity index (χ2v) is 6.31. The minimum atomic E-state index is -0.951. The summed E-state index contributed by atoms with van der Waals surface area (Å²) in [6.45, 7) is 1.52. The van der Waals surface area contributed by atoms with E-state index in [0.29, 0.717) is 10.9 Å². The summed E-state index contributed by atoms with van der Waals surface area (Å²) in [6.07, 6.45) is 0.268. The Balaban J connectivity index is 1.82. The lowest BCUT2D eigenvalue weighted by Gasteiger charge is -2.19. The molecule has 1 N–H and O–H groups in total. The lowest BCUT2D eigenvalue weighted by molar-refractivity contribution is -0.145. The van der Waals surface area contributed by atoms with Crippen molar-refractivity contribution in [2.45, 2.75) is 25.4 Å². The number of rotatable bonds is 6. The molecular formula is C20H20N4O4. The standard InChI is InChI=1S/C20H20N4O4/c1-13(24-19(26)15-10-6-7-11-16(15)22-23-24)18(25)21-17(20(27)28-2)12-14-8-4-3-5-9-14/h3-11,13,17H,12H2,1-2H3,(H,21,25)/t13-,17-/m0/s1. The summed E-state index contributed by atoms with van der Waals surface area (Å²) in [5.74, 6) is -1.10. The number of benzene rings is 2. The molecule has 0 saturated heterocycles. The fourth-order valence-electron chi connectivity index (χ4n) is 2.84. The van der Waals surface area contributed by atoms with Crippen LogP contribution in [0.2, 0.25) is 0 Å². The van der Waals surface area contributed by atoms with Crippen molar-refractivity contribution in [2.75, 3.05) is 7.11 Å². The topological polar surface area (TPSA) is 103 Å². The summed E-state index contributed by atoms with van der Waals surface area (Å²) >= 11 is 0. The third kappa shape index (κ3) is 4.06. The Morgan fingerprint density at radius 2 is 1.79 bits per heavy atom. The first kappa shape index (κ1) is 19.2. The van der Waals surface area contributed by atoms with Crippen LogP contribution in [0.3, 0.4) is 0 Å². The number of nitrogens with one attached hydrogen (secondary N) is 1. The smallest absolute Gasteiger partial charge is 0.328 e. The van der Waals surface area contributed by atoms with Crippen molar-refractivity contribution < 1.29 is 14.3 Å². The Kier molecular flexibility index (Phi) is 5.78. The predicted molar refractivity (Wildman–Crippen MR) is 103 cm³/mol. The molecule has 0 bridgehead atoms. The number of aromatic nitrogens is 3. The summed E-state index contributed by atoms with van der Waals surface area (Å²) in [4.78, 5) is 37.5. The molecule has 3 aromatic rings. The highest BCUT2D eigenvalue weighted by Gasteiger charge is 2.26. The Labute approximate surface area is 161 Å². The van der Waals surface area contributed by atoms with Gasteiger partial charge in [0.1, 0.15) is 17.6 Å². The molecule has 1 amide bonds. The molecule has 0 unspecified atom stereocenters. The van der Waals surface area contributed by atoms with Gasteiger partial charge in [0.25, 0.3) is 5.56 Å². The molecule has 8 nitrogen and oxygen atoms in total. The summed E-state index contributed by atoms with van der Waals surface area (Å²) < 4.78 is 5.81. The number of hydrogen-bond acceptors (Lipinski definition) is 6. The number of fused-ring (bicyclic) bond motifs is 1. The molecule has 3 rings (SSSR count). The van der Waals surface area contributed by atoms with Crippen molar-refractivity contribution in [2.24, 2.45) is 0 Å². The Bertz CT molecular complexity index is 1050. The van der Waals surface area contributed by atoms with Crippen molar-refractivity contribution in [3.05, 3.63) is 70.5 Å². The number of amides is 1. The molecule has 28 heavy (non-hydrogen) atoms. The van der Waals surface area contributed by atoms with Gasteiger partial charge in [-0.2, -0.15) is 4.68 Å². The SMILES string of the molecule is COC(=O)[C@H](Cc1ccccc1)NC(=O)[C@H](C)n1nnc2ccccc2c1=O. The number of ether oxygens (including phenoxy) is 1. The van der Waals surface area contributed by atoms with E-state index >= 15 is 0 Å². The molecule has 0 radical (unpaired) electrons. The van der Waals surface area contributed by atoms with Crippen LogP contribution in [0.1, 0.15) is 18.5 Å². The first-order valence-electron chi connectivity index (χ1n) is 8.77. The average molecular weight is 380 g/mol. The summed E-state index contributed by atoms with van der Waals surface area (Å²) in [5, 5.41) is 10.9. The van der Waals surface area contributed by atoms with Crippen LogP contribution < -0.4 is 10.9 Å². The molecule has 8 heteroatoms. The molecule has 2 atom stereocenters. The van der Waals surface area contributed by atoms with Crippen molar-refractivity contribution in [3.63, 3.8) is 0 Å². The molecule has 0 aliphatic rings. The van der Waals surface area contributed by atoms with Crippen molar-refractivity contribution in [1.82, 2.24) is 20.3 Å². The van der Waals surface area contributed by atoms with Crippen LogP contribution in [0.4, 0.5) is 0 Å². The van der Waals surface area contributed by atoms with Crippen molar-refractivity contribution in [1.29, 1.82) is 0 Å². The third-order valence-electron chi connectivity index (χ3n) is 4.42. The van der Waals surface area contributed by atoms with E-state index < -0.39 is 29.5 Å². The van der Waals surface area contributed by atoms with Gasteiger partial charge in [-0.05, 0) is 24.6 Å². The normalized spacial score (nSPS) is 12.9. The molecule has 0 aliphatic heterocycles. The van der Waals surface area contributed by atoms with Gasteiger partial charge in [-0.25, -0.2) is 4.79 Å². The molecule has 0 saturated carbocycles. The highest BCUT2D eigenvalue weighted by atomic mass is 16.5. The van der Waals surface area contributed by atoms with Crippen molar-refractivity contribution in [3.8, 4) is 0 Å². The zero-order chi connectivity index (χ0) is 20.1. The number of methoxy groups -OCH3 is 1. The number of carbonyl (C=O) groups excluding carboxylic acids is 2. The van der Waals surface area contributed by atoms with Gasteiger partial charge < -0.3 is 10.1 Å². The number of carbonyl (C=O) groups is 2. The lowest BCUT2D eigenvalue weighted by Crippen LogP contribution is -2.47. The van der Waals surface area contributed by atoms with Gasteiger partial charge >= 0.3 is 5.97 Å². The van der Waals surface area contributed by atoms with Gasteiger partial charge in [-0.1, -0.05) is 47.7 Å². The number of esters is 1. The van der Waals surface area contributed by atoms with Gasteiger partial charge in [0, 0.05) is 6.42 Å². The highest BCUT2D eigenvalue weighted by molar-refractivity contribution is 5.86. The Morgan fingerprint density at radius 3 is 2.50 bits per heavy atom. The quantitative estimate of drug-likeness (QED) is 0.646. The molecule has 0 aliphatic carbocycles. The van der Waals surface area contributed by atoms with Gasteiger partial charge in [-0.15, -0.1) is 5.10 Å². The van der Waals surface area contributed by atoms with Gasteiger partial charge in [-0.3, -0.25) is 9.59 Å². The largest absolute Gasteiger partial charge is 0.467 e. The van der Waals surface area contributed by atoms with Crippen LogP contribution in [-0.4, -0.2) is 40.0 Å². The van der Waals surface area contributed by atoms with E-state index in [4.69, 9.17) is 4.74 Å². The van der Waals surface area contributed by atoms with Crippen LogP contribution >= 0.6 is 0 Å². The molecule has 144 valence electrons. The molecular weight excluding hydrogens is 360 g/mol. The minimum absolute atomic E-state index is 0.268. The first-order valence-corrected chi connectivity index (χ1v) is 8.77. The average Bonchev–Trinajstić information content (AvgIpc) is 2.73. The maximum atomic E-state index is 12.7. The van der Waals surface area contributed by atoms with Crippen molar-refractivity contribution >= 4 is 22.8 Å². The third-order valence-corrected chi connectivity index (χ3v) is 4.42. The van der Waals surface area contributed by atoms with Crippen LogP contribution in [-0.2, 0) is 20.7 Å². The van der Waals surface area contributed by atoms with Crippen LogP contribution in [0, 0.1) is 0 Å². The van der Waals surface area contributed by atoms with Crippen LogP contribution in [0.15, 0.2) is 59.4 Å². The van der Waals surface area contributed by atoms with Gasteiger partial charge in [0.15, 0.2) is 0 Å². The molecule has 2 aromatic carbocycles. The number of nitrogens with zero attached hydrogens (tertiary/aromatic N) is 3. The maximum absolute atomic E-state index is 12.7. The zero-order valence-corrected chi connectivity index (χ0v) is 15.5. The Hall–Kier alpha value is -3.55. The monoisotopic (exact) mass is 380 g/mol. The fraction of sp³-hybridized carbons (Fsp3) is 0.250. The second kappa shape index (κ2) is 8.43. The van der Waals surface area contributed by atoms with Crippen LogP contribution in [0.5, 0.6) is 0 Å². The van der Waals surface area contributed by atoms with E-state index in [1.165, 1.54) is 14.0 Å². The van der Waals surface area contributed by atoms with E-state index in [9.17, 15) is 14.4 Å². The molecule has 0 fully saturated rings. The lowest BCUT2D eigenvalue weighted by atomic mass is 10.1.